The molecule has 0 fully saturated rings. The van der Waals surface area contributed by atoms with E-state index in [1.54, 1.807) is 6.20 Å². The van der Waals surface area contributed by atoms with Gasteiger partial charge in [-0.1, -0.05) is 11.6 Å². The number of aromatic nitrogens is 2. The van der Waals surface area contributed by atoms with Crippen LogP contribution < -0.4 is 10.7 Å². The zero-order valence-electron chi connectivity index (χ0n) is 8.57. The molecule has 0 saturated carbocycles. The van der Waals surface area contributed by atoms with E-state index >= 15 is 0 Å². The number of hydrogen-bond donors (Lipinski definition) is 1. The van der Waals surface area contributed by atoms with Gasteiger partial charge in [-0.15, -0.1) is 11.3 Å². The van der Waals surface area contributed by atoms with Crippen molar-refractivity contribution in [2.45, 2.75) is 13.5 Å². The quantitative estimate of drug-likeness (QED) is 0.913. The Morgan fingerprint density at radius 3 is 3.00 bits per heavy atom. The molecular weight excluding hydrogens is 250 g/mol. The molecule has 2 aromatic heterocycles. The van der Waals surface area contributed by atoms with Crippen LogP contribution in [0.15, 0.2) is 21.7 Å². The van der Waals surface area contributed by atoms with Crippen LogP contribution in [0, 0.1) is 0 Å². The molecule has 0 bridgehead atoms. The topological polar surface area (TPSA) is 62.1 Å². The summed E-state index contributed by atoms with van der Waals surface area (Å²) in [5.41, 5.74) is 0. The van der Waals surface area contributed by atoms with E-state index in [1.165, 1.54) is 17.6 Å². The summed E-state index contributed by atoms with van der Waals surface area (Å²) < 4.78 is 5.22. The van der Waals surface area contributed by atoms with Gasteiger partial charge < -0.3 is 9.32 Å². The summed E-state index contributed by atoms with van der Waals surface area (Å²) in [6, 6.07) is 0. The highest BCUT2D eigenvalue weighted by atomic mass is 35.5. The highest BCUT2D eigenvalue weighted by Crippen LogP contribution is 2.21. The molecule has 0 amide bonds. The molecular formula is C9H10ClN3O2S. The summed E-state index contributed by atoms with van der Waals surface area (Å²) in [5.74, 6) is 0.216. The number of thiazole rings is 1. The molecule has 0 saturated heterocycles. The van der Waals surface area contributed by atoms with Gasteiger partial charge in [-0.25, -0.2) is 9.78 Å². The Hall–Kier alpha value is -1.27. The average molecular weight is 260 g/mol. The molecule has 7 heteroatoms. The molecule has 0 aliphatic rings. The van der Waals surface area contributed by atoms with Crippen molar-refractivity contribution in [2.75, 3.05) is 11.4 Å². The predicted molar refractivity (Wildman–Crippen MR) is 63.2 cm³/mol. The summed E-state index contributed by atoms with van der Waals surface area (Å²) in [7, 11) is 0. The number of rotatable bonds is 4. The molecule has 86 valence electrons. The summed E-state index contributed by atoms with van der Waals surface area (Å²) in [4.78, 5) is 20.5. The molecule has 0 spiro atoms. The molecule has 2 rings (SSSR count). The molecule has 0 aliphatic heterocycles. The Bertz CT molecular complexity index is 519. The first-order chi connectivity index (χ1) is 7.69. The summed E-state index contributed by atoms with van der Waals surface area (Å²) in [5, 5.41) is 0. The normalized spacial score (nSPS) is 10.6. The number of nitrogens with zero attached hydrogens (tertiary/aromatic N) is 2. The van der Waals surface area contributed by atoms with Crippen LogP contribution in [0.3, 0.4) is 0 Å². The first-order valence-corrected chi connectivity index (χ1v) is 5.91. The van der Waals surface area contributed by atoms with E-state index in [9.17, 15) is 4.79 Å². The van der Waals surface area contributed by atoms with Crippen molar-refractivity contribution in [1.29, 1.82) is 0 Å². The average Bonchev–Trinajstić information content (AvgIpc) is 2.84. The molecule has 2 aromatic rings. The Kier molecular flexibility index (Phi) is 3.31. The number of anilines is 1. The van der Waals surface area contributed by atoms with Crippen LogP contribution in [-0.2, 0) is 6.54 Å². The van der Waals surface area contributed by atoms with Gasteiger partial charge in [0.05, 0.1) is 6.54 Å². The lowest BCUT2D eigenvalue weighted by molar-refractivity contribution is 0.515. The third-order valence-electron chi connectivity index (χ3n) is 2.10. The van der Waals surface area contributed by atoms with Crippen LogP contribution in [0.2, 0.25) is 4.47 Å². The largest absolute Gasteiger partial charge is 0.417 e. The lowest BCUT2D eigenvalue weighted by Crippen LogP contribution is -2.22. The third kappa shape index (κ3) is 2.45. The van der Waals surface area contributed by atoms with Crippen LogP contribution >= 0.6 is 22.9 Å². The van der Waals surface area contributed by atoms with Crippen LogP contribution in [0.1, 0.15) is 11.8 Å². The molecule has 5 nitrogen and oxygen atoms in total. The monoisotopic (exact) mass is 259 g/mol. The first-order valence-electron chi connectivity index (χ1n) is 4.72. The fourth-order valence-electron chi connectivity index (χ4n) is 1.34. The second kappa shape index (κ2) is 4.71. The standard InChI is InChI=1S/C9H10ClN3O2S/c1-2-13(7-5-15-9(14)12-7)4-6-3-11-8(10)16-6/h3,5H,2,4H2,1H3,(H,12,14). The number of nitrogens with one attached hydrogen (secondary N) is 1. The number of halogens is 1. The Morgan fingerprint density at radius 2 is 2.50 bits per heavy atom. The van der Waals surface area contributed by atoms with Crippen molar-refractivity contribution in [2.24, 2.45) is 0 Å². The fraction of sp³-hybridized carbons (Fsp3) is 0.333. The van der Waals surface area contributed by atoms with Gasteiger partial charge in [0.2, 0.25) is 0 Å². The highest BCUT2D eigenvalue weighted by Gasteiger charge is 2.10. The highest BCUT2D eigenvalue weighted by molar-refractivity contribution is 7.15. The zero-order valence-corrected chi connectivity index (χ0v) is 10.1. The lowest BCUT2D eigenvalue weighted by atomic mass is 10.4. The molecule has 16 heavy (non-hydrogen) atoms. The zero-order chi connectivity index (χ0) is 11.5. The molecule has 0 aliphatic carbocycles. The lowest BCUT2D eigenvalue weighted by Gasteiger charge is -2.18. The molecule has 0 radical (unpaired) electrons. The summed E-state index contributed by atoms with van der Waals surface area (Å²) >= 11 is 7.17. The van der Waals surface area contributed by atoms with Crippen LogP contribution in [0.5, 0.6) is 0 Å². The maximum atomic E-state index is 10.9. The number of oxazole rings is 1. The Morgan fingerprint density at radius 1 is 1.69 bits per heavy atom. The van der Waals surface area contributed by atoms with Gasteiger partial charge in [-0.05, 0) is 6.92 Å². The van der Waals surface area contributed by atoms with E-state index in [0.717, 1.165) is 11.4 Å². The van der Waals surface area contributed by atoms with Gasteiger partial charge in [0, 0.05) is 17.6 Å². The minimum absolute atomic E-state index is 0.448. The van der Waals surface area contributed by atoms with E-state index < -0.39 is 5.76 Å². The van der Waals surface area contributed by atoms with Gasteiger partial charge in [0.1, 0.15) is 12.1 Å². The maximum Gasteiger partial charge on any atom is 0.417 e. The van der Waals surface area contributed by atoms with E-state index in [1.807, 2.05) is 11.8 Å². The minimum atomic E-state index is -0.448. The molecule has 2 heterocycles. The van der Waals surface area contributed by atoms with Crippen LogP contribution in [0.4, 0.5) is 5.82 Å². The Balaban J connectivity index is 2.15. The summed E-state index contributed by atoms with van der Waals surface area (Å²) in [6.07, 6.45) is 3.14. The number of hydrogen-bond acceptors (Lipinski definition) is 5. The van der Waals surface area contributed by atoms with E-state index in [-0.39, 0.29) is 0 Å². The first kappa shape index (κ1) is 11.2. The number of H-pyrrole nitrogens is 1. The predicted octanol–water partition coefficient (Wildman–Crippen LogP) is 2.10. The van der Waals surface area contributed by atoms with Gasteiger partial charge in [0.25, 0.3) is 0 Å². The molecule has 0 unspecified atom stereocenters. The van der Waals surface area contributed by atoms with Crippen molar-refractivity contribution >= 4 is 28.8 Å². The number of aromatic amines is 1. The SMILES string of the molecule is CCN(Cc1cnc(Cl)s1)c1coc(=O)[nH]1. The third-order valence-corrected chi connectivity index (χ3v) is 3.20. The van der Waals surface area contributed by atoms with Crippen molar-refractivity contribution < 1.29 is 4.42 Å². The van der Waals surface area contributed by atoms with Crippen molar-refractivity contribution in [1.82, 2.24) is 9.97 Å². The smallest absolute Gasteiger partial charge is 0.414 e. The maximum absolute atomic E-state index is 10.9. The van der Waals surface area contributed by atoms with Crippen molar-refractivity contribution in [3.63, 3.8) is 0 Å². The second-order valence-corrected chi connectivity index (χ2v) is 4.82. The van der Waals surface area contributed by atoms with Crippen molar-refractivity contribution in [3.8, 4) is 0 Å². The van der Waals surface area contributed by atoms with Crippen LogP contribution in [-0.4, -0.2) is 16.5 Å². The van der Waals surface area contributed by atoms with E-state index in [0.29, 0.717) is 16.8 Å². The molecule has 0 aromatic carbocycles. The van der Waals surface area contributed by atoms with Crippen molar-refractivity contribution in [3.05, 3.63) is 32.4 Å². The molecule has 1 N–H and O–H groups in total. The minimum Gasteiger partial charge on any atom is -0.414 e. The van der Waals surface area contributed by atoms with Gasteiger partial charge in [-0.3, -0.25) is 4.98 Å². The summed E-state index contributed by atoms with van der Waals surface area (Å²) in [6.45, 7) is 3.40. The van der Waals surface area contributed by atoms with E-state index in [2.05, 4.69) is 9.97 Å². The van der Waals surface area contributed by atoms with Gasteiger partial charge in [-0.2, -0.15) is 0 Å². The van der Waals surface area contributed by atoms with Gasteiger partial charge >= 0.3 is 5.76 Å². The fourth-order valence-corrected chi connectivity index (χ4v) is 2.33. The second-order valence-electron chi connectivity index (χ2n) is 3.13. The Labute approximate surface area is 101 Å². The van der Waals surface area contributed by atoms with Crippen LogP contribution in [0.25, 0.3) is 0 Å². The molecule has 0 atom stereocenters. The van der Waals surface area contributed by atoms with E-state index in [4.69, 9.17) is 16.0 Å². The van der Waals surface area contributed by atoms with Gasteiger partial charge in [0.15, 0.2) is 4.47 Å².